The zero-order chi connectivity index (χ0) is 23.5. The first-order valence-corrected chi connectivity index (χ1v) is 10.6. The summed E-state index contributed by atoms with van der Waals surface area (Å²) in [6.07, 6.45) is -4.41. The van der Waals surface area contributed by atoms with Gasteiger partial charge in [0.25, 0.3) is 0 Å². The smallest absolute Gasteiger partial charge is 0.416 e. The fraction of sp³-hybridized carbons (Fsp3) is 0.217. The Labute approximate surface area is 197 Å². The van der Waals surface area contributed by atoms with Crippen LogP contribution in [0, 0.1) is 0 Å². The molecular weight excluding hydrogens is 507 g/mol. The quantitative estimate of drug-likeness (QED) is 0.292. The van der Waals surface area contributed by atoms with Gasteiger partial charge in [0.2, 0.25) is 0 Å². The lowest BCUT2D eigenvalue weighted by Crippen LogP contribution is -2.32. The van der Waals surface area contributed by atoms with Gasteiger partial charge in [0, 0.05) is 18.0 Å². The molecule has 3 aromatic carbocycles. The Balaban J connectivity index is 1.85. The van der Waals surface area contributed by atoms with Gasteiger partial charge in [-0.2, -0.15) is 13.2 Å². The van der Waals surface area contributed by atoms with E-state index in [9.17, 15) is 18.0 Å². The van der Waals surface area contributed by atoms with E-state index in [1.807, 2.05) is 24.3 Å². The molecule has 0 spiro atoms. The second-order valence-electron chi connectivity index (χ2n) is 7.00. The maximum Gasteiger partial charge on any atom is 0.416 e. The summed E-state index contributed by atoms with van der Waals surface area (Å²) >= 11 is 9.09. The van der Waals surface area contributed by atoms with Crippen LogP contribution in [0.1, 0.15) is 16.7 Å². The van der Waals surface area contributed by atoms with E-state index in [-0.39, 0.29) is 13.2 Å². The van der Waals surface area contributed by atoms with Crippen LogP contribution in [0.2, 0.25) is 0 Å². The van der Waals surface area contributed by atoms with Crippen LogP contribution >= 0.6 is 28.1 Å². The SMILES string of the molecule is COC(=O)CN(C)C(=S)c1cccc2c(Br)c(OCc3cccc(C(F)(F)F)c3)ccc12. The summed E-state index contributed by atoms with van der Waals surface area (Å²) in [7, 11) is 3.02. The van der Waals surface area contributed by atoms with E-state index in [0.29, 0.717) is 20.8 Å². The fourth-order valence-electron chi connectivity index (χ4n) is 3.13. The van der Waals surface area contributed by atoms with Gasteiger partial charge in [-0.05, 0) is 51.1 Å². The average molecular weight is 526 g/mol. The van der Waals surface area contributed by atoms with Crippen LogP contribution in [0.4, 0.5) is 13.2 Å². The Morgan fingerprint density at radius 1 is 1.09 bits per heavy atom. The van der Waals surface area contributed by atoms with Gasteiger partial charge in [0.15, 0.2) is 0 Å². The highest BCUT2D eigenvalue weighted by Gasteiger charge is 2.30. The highest BCUT2D eigenvalue weighted by atomic mass is 79.9. The second kappa shape index (κ2) is 9.87. The van der Waals surface area contributed by atoms with Gasteiger partial charge in [0.1, 0.15) is 23.9 Å². The Kier molecular flexibility index (Phi) is 7.40. The normalized spacial score (nSPS) is 11.3. The van der Waals surface area contributed by atoms with E-state index >= 15 is 0 Å². The first kappa shape index (κ1) is 24.0. The van der Waals surface area contributed by atoms with Crippen LogP contribution in [0.5, 0.6) is 5.75 Å². The van der Waals surface area contributed by atoms with Crippen LogP contribution in [0.3, 0.4) is 0 Å². The molecule has 0 radical (unpaired) electrons. The number of alkyl halides is 3. The topological polar surface area (TPSA) is 38.8 Å². The van der Waals surface area contributed by atoms with Crippen molar-refractivity contribution in [3.05, 3.63) is 75.8 Å². The van der Waals surface area contributed by atoms with E-state index in [1.54, 1.807) is 24.1 Å². The molecule has 3 rings (SSSR count). The molecule has 0 N–H and O–H groups in total. The molecule has 0 fully saturated rings. The largest absolute Gasteiger partial charge is 0.488 e. The Morgan fingerprint density at radius 2 is 1.81 bits per heavy atom. The number of likely N-dealkylation sites (N-methyl/N-ethyl adjacent to an activating group) is 1. The number of halogens is 4. The first-order chi connectivity index (χ1) is 15.1. The van der Waals surface area contributed by atoms with E-state index in [0.717, 1.165) is 28.5 Å². The van der Waals surface area contributed by atoms with Crippen LogP contribution in [-0.2, 0) is 22.3 Å². The predicted molar refractivity (Wildman–Crippen MR) is 124 cm³/mol. The molecule has 0 aromatic heterocycles. The van der Waals surface area contributed by atoms with Gasteiger partial charge >= 0.3 is 12.1 Å². The van der Waals surface area contributed by atoms with E-state index < -0.39 is 17.7 Å². The molecular formula is C23H19BrF3NO3S. The summed E-state index contributed by atoms with van der Waals surface area (Å²) in [5.74, 6) is 0.0856. The number of nitrogens with zero attached hydrogens (tertiary/aromatic N) is 1. The number of methoxy groups -OCH3 is 1. The monoisotopic (exact) mass is 525 g/mol. The lowest BCUT2D eigenvalue weighted by molar-refractivity contribution is -0.140. The molecule has 3 aromatic rings. The second-order valence-corrected chi connectivity index (χ2v) is 8.18. The number of fused-ring (bicyclic) bond motifs is 1. The minimum Gasteiger partial charge on any atom is -0.488 e. The number of carbonyl (C=O) groups is 1. The zero-order valence-electron chi connectivity index (χ0n) is 17.2. The number of carbonyl (C=O) groups excluding carboxylic acids is 1. The van der Waals surface area contributed by atoms with Gasteiger partial charge in [-0.1, -0.05) is 42.5 Å². The lowest BCUT2D eigenvalue weighted by Gasteiger charge is -2.20. The zero-order valence-corrected chi connectivity index (χ0v) is 19.6. The van der Waals surface area contributed by atoms with Crippen molar-refractivity contribution in [3.63, 3.8) is 0 Å². The number of esters is 1. The number of thiocarbonyl (C=S) groups is 1. The van der Waals surface area contributed by atoms with E-state index in [1.165, 1.54) is 13.2 Å². The fourth-order valence-corrected chi connectivity index (χ4v) is 3.97. The molecule has 168 valence electrons. The molecule has 0 aliphatic rings. The summed E-state index contributed by atoms with van der Waals surface area (Å²) in [5.41, 5.74) is 0.450. The number of rotatable bonds is 6. The maximum absolute atomic E-state index is 12.9. The number of hydrogen-bond acceptors (Lipinski definition) is 4. The summed E-state index contributed by atoms with van der Waals surface area (Å²) in [4.78, 5) is 13.7. The third kappa shape index (κ3) is 5.39. The molecule has 0 heterocycles. The first-order valence-electron chi connectivity index (χ1n) is 9.44. The maximum atomic E-state index is 12.9. The standard InChI is InChI=1S/C23H19BrF3NO3S/c1-28(12-20(29)30-2)22(32)18-8-4-7-17-16(18)9-10-19(21(17)24)31-13-14-5-3-6-15(11-14)23(25,26)27/h3-11H,12-13H2,1-2H3. The summed E-state index contributed by atoms with van der Waals surface area (Å²) in [6, 6.07) is 14.2. The van der Waals surface area contributed by atoms with Crippen molar-refractivity contribution < 1.29 is 27.4 Å². The van der Waals surface area contributed by atoms with Crippen LogP contribution < -0.4 is 4.74 Å². The Hall–Kier alpha value is -2.65. The van der Waals surface area contributed by atoms with Crippen LogP contribution in [0.25, 0.3) is 10.8 Å². The van der Waals surface area contributed by atoms with Gasteiger partial charge in [-0.25, -0.2) is 0 Å². The van der Waals surface area contributed by atoms with Gasteiger partial charge in [-0.15, -0.1) is 0 Å². The summed E-state index contributed by atoms with van der Waals surface area (Å²) in [5, 5.41) is 1.66. The van der Waals surface area contributed by atoms with E-state index in [4.69, 9.17) is 21.7 Å². The minimum atomic E-state index is -4.41. The molecule has 0 saturated heterocycles. The summed E-state index contributed by atoms with van der Waals surface area (Å²) in [6.45, 7) is -0.000921. The van der Waals surface area contributed by atoms with Crippen molar-refractivity contribution in [1.82, 2.24) is 4.90 Å². The molecule has 0 aliphatic carbocycles. The van der Waals surface area contributed by atoms with E-state index in [2.05, 4.69) is 15.9 Å². The molecule has 0 amide bonds. The molecule has 0 aliphatic heterocycles. The number of hydrogen-bond donors (Lipinski definition) is 0. The molecule has 0 unspecified atom stereocenters. The third-order valence-electron chi connectivity index (χ3n) is 4.78. The number of ether oxygens (including phenoxy) is 2. The molecule has 0 bridgehead atoms. The number of benzene rings is 3. The van der Waals surface area contributed by atoms with Crippen molar-refractivity contribution in [3.8, 4) is 5.75 Å². The summed E-state index contributed by atoms with van der Waals surface area (Å²) < 4.78 is 49.9. The third-order valence-corrected chi connectivity index (χ3v) is 6.13. The average Bonchev–Trinajstić information content (AvgIpc) is 2.77. The van der Waals surface area contributed by atoms with Crippen molar-refractivity contribution in [2.24, 2.45) is 0 Å². The molecule has 0 saturated carbocycles. The highest BCUT2D eigenvalue weighted by molar-refractivity contribution is 9.10. The van der Waals surface area contributed by atoms with Gasteiger partial charge < -0.3 is 14.4 Å². The molecule has 4 nitrogen and oxygen atoms in total. The van der Waals surface area contributed by atoms with Crippen LogP contribution in [0.15, 0.2) is 59.1 Å². The van der Waals surface area contributed by atoms with Crippen molar-refractivity contribution in [1.29, 1.82) is 0 Å². The minimum absolute atomic E-state index is 0.0189. The van der Waals surface area contributed by atoms with Gasteiger partial charge in [0.05, 0.1) is 17.1 Å². The van der Waals surface area contributed by atoms with Crippen molar-refractivity contribution in [2.75, 3.05) is 20.7 Å². The van der Waals surface area contributed by atoms with Crippen LogP contribution in [-0.4, -0.2) is 36.6 Å². The highest BCUT2D eigenvalue weighted by Crippen LogP contribution is 2.36. The Bertz CT molecular complexity index is 1170. The lowest BCUT2D eigenvalue weighted by atomic mass is 10.0. The molecule has 32 heavy (non-hydrogen) atoms. The molecule has 9 heteroatoms. The molecule has 0 atom stereocenters. The van der Waals surface area contributed by atoms with Crippen molar-refractivity contribution in [2.45, 2.75) is 12.8 Å². The Morgan fingerprint density at radius 3 is 2.50 bits per heavy atom. The van der Waals surface area contributed by atoms with Crippen molar-refractivity contribution >= 4 is 49.9 Å². The predicted octanol–water partition coefficient (Wildman–Crippen LogP) is 5.98. The van der Waals surface area contributed by atoms with Gasteiger partial charge in [-0.3, -0.25) is 4.79 Å².